The highest BCUT2D eigenvalue weighted by Gasteiger charge is 2.66. The predicted molar refractivity (Wildman–Crippen MR) is 101 cm³/mol. The quantitative estimate of drug-likeness (QED) is 0.818. The van der Waals surface area contributed by atoms with E-state index < -0.39 is 5.91 Å². The molecule has 2 fully saturated rings. The number of ether oxygens (including phenoxy) is 1. The van der Waals surface area contributed by atoms with Crippen LogP contribution >= 0.6 is 11.6 Å². The van der Waals surface area contributed by atoms with Crippen molar-refractivity contribution in [1.82, 2.24) is 10.4 Å². The molecule has 1 aromatic rings. The van der Waals surface area contributed by atoms with Crippen LogP contribution in [-0.2, 0) is 9.57 Å². The van der Waals surface area contributed by atoms with Gasteiger partial charge in [0.1, 0.15) is 0 Å². The van der Waals surface area contributed by atoms with Crippen LogP contribution in [0.25, 0.3) is 0 Å². The Morgan fingerprint density at radius 2 is 1.80 bits per heavy atom. The van der Waals surface area contributed by atoms with E-state index in [1.165, 1.54) is 5.56 Å². The lowest BCUT2D eigenvalue weighted by Crippen LogP contribution is -2.55. The zero-order chi connectivity index (χ0) is 18.6. The number of nitrogens with zero attached hydrogens (tertiary/aromatic N) is 1. The van der Waals surface area contributed by atoms with Crippen molar-refractivity contribution in [3.8, 4) is 0 Å². The Hall–Kier alpha value is -0.650. The van der Waals surface area contributed by atoms with Gasteiger partial charge >= 0.3 is 0 Å². The first kappa shape index (κ1) is 19.1. The summed E-state index contributed by atoms with van der Waals surface area (Å²) in [5.41, 5.74) is 0.712. The number of hydrogen-bond donors (Lipinski definition) is 1. The number of benzene rings is 1. The maximum Gasteiger partial charge on any atom is 0.253 e. The zero-order valence-electron chi connectivity index (χ0n) is 16.4. The largest absolute Gasteiger partial charge is 0.334 e. The van der Waals surface area contributed by atoms with Crippen molar-refractivity contribution in [2.24, 2.45) is 11.3 Å². The molecule has 0 bridgehead atoms. The van der Waals surface area contributed by atoms with Crippen LogP contribution in [0, 0.1) is 11.3 Å². The van der Waals surface area contributed by atoms with E-state index in [1.54, 1.807) is 0 Å². The fraction of sp³-hybridized carbons (Fsp3) is 0.700. The van der Waals surface area contributed by atoms with Gasteiger partial charge < -0.3 is 4.74 Å². The zero-order valence-corrected chi connectivity index (χ0v) is 17.1. The van der Waals surface area contributed by atoms with E-state index in [2.05, 4.69) is 71.0 Å². The molecule has 4 nitrogen and oxygen atoms in total. The van der Waals surface area contributed by atoms with Gasteiger partial charge in [-0.25, -0.2) is 4.84 Å². The van der Waals surface area contributed by atoms with E-state index in [9.17, 15) is 0 Å². The number of hydrogen-bond acceptors (Lipinski definition) is 4. The van der Waals surface area contributed by atoms with Crippen LogP contribution in [0.3, 0.4) is 0 Å². The Balaban J connectivity index is 2.04. The molecule has 2 aliphatic heterocycles. The van der Waals surface area contributed by atoms with Gasteiger partial charge in [-0.1, -0.05) is 51.4 Å². The molecule has 0 unspecified atom stereocenters. The van der Waals surface area contributed by atoms with Crippen LogP contribution in [0.2, 0.25) is 5.02 Å². The fourth-order valence-electron chi connectivity index (χ4n) is 3.82. The summed E-state index contributed by atoms with van der Waals surface area (Å²) < 4.78 is 6.29. The van der Waals surface area contributed by atoms with Gasteiger partial charge in [-0.3, -0.25) is 5.32 Å². The standard InChI is InChI=1S/C20H31ClN2O2/c1-13(2)16-12-24-20(22-16)19(6,7)17(23(25-20)18(3,4)5)14-8-10-15(21)11-9-14/h8-11,13,16-17,22H,12H2,1-7H3/t16-,17+,20+/m1/s1. The molecule has 3 atom stereocenters. The van der Waals surface area contributed by atoms with Crippen molar-refractivity contribution < 1.29 is 9.57 Å². The van der Waals surface area contributed by atoms with E-state index >= 15 is 0 Å². The highest BCUT2D eigenvalue weighted by atomic mass is 35.5. The molecule has 3 rings (SSSR count). The van der Waals surface area contributed by atoms with Crippen LogP contribution in [-0.4, -0.2) is 29.2 Å². The van der Waals surface area contributed by atoms with Crippen LogP contribution in [0.1, 0.15) is 60.1 Å². The molecule has 0 saturated carbocycles. The van der Waals surface area contributed by atoms with E-state index in [0.717, 1.165) is 5.02 Å². The second-order valence-corrected chi connectivity index (χ2v) is 9.62. The molecular weight excluding hydrogens is 336 g/mol. The van der Waals surface area contributed by atoms with Gasteiger partial charge in [0.2, 0.25) is 0 Å². The van der Waals surface area contributed by atoms with E-state index in [-0.39, 0.29) is 23.0 Å². The topological polar surface area (TPSA) is 33.7 Å². The van der Waals surface area contributed by atoms with Crippen LogP contribution in [0.4, 0.5) is 0 Å². The lowest BCUT2D eigenvalue weighted by atomic mass is 9.77. The fourth-order valence-corrected chi connectivity index (χ4v) is 3.95. The first-order valence-corrected chi connectivity index (χ1v) is 9.51. The third-order valence-electron chi connectivity index (χ3n) is 5.49. The minimum absolute atomic E-state index is 0.0446. The highest BCUT2D eigenvalue weighted by Crippen LogP contribution is 2.57. The molecule has 2 saturated heterocycles. The summed E-state index contributed by atoms with van der Waals surface area (Å²) in [6, 6.07) is 8.39. The molecule has 0 amide bonds. The van der Waals surface area contributed by atoms with Gasteiger partial charge in [0, 0.05) is 16.6 Å². The maximum absolute atomic E-state index is 6.53. The number of halogens is 1. The molecule has 0 aromatic heterocycles. The first-order chi connectivity index (χ1) is 11.5. The highest BCUT2D eigenvalue weighted by molar-refractivity contribution is 6.30. The Labute approximate surface area is 156 Å². The first-order valence-electron chi connectivity index (χ1n) is 9.13. The summed E-state index contributed by atoms with van der Waals surface area (Å²) in [5.74, 6) is -0.337. The normalized spacial score (nSPS) is 32.8. The van der Waals surface area contributed by atoms with Crippen molar-refractivity contribution in [1.29, 1.82) is 0 Å². The summed E-state index contributed by atoms with van der Waals surface area (Å²) in [6.45, 7) is 16.0. The van der Waals surface area contributed by atoms with Gasteiger partial charge in [0.25, 0.3) is 5.91 Å². The Morgan fingerprint density at radius 3 is 2.28 bits per heavy atom. The van der Waals surface area contributed by atoms with Gasteiger partial charge in [-0.15, -0.1) is 0 Å². The average molecular weight is 367 g/mol. The molecule has 25 heavy (non-hydrogen) atoms. The van der Waals surface area contributed by atoms with Crippen molar-refractivity contribution in [2.75, 3.05) is 6.61 Å². The van der Waals surface area contributed by atoms with Crippen LogP contribution in [0.5, 0.6) is 0 Å². The number of hydroxylamine groups is 2. The number of nitrogens with one attached hydrogen (secondary N) is 1. The molecule has 1 N–H and O–H groups in total. The predicted octanol–water partition coefficient (Wildman–Crippen LogP) is 4.75. The minimum Gasteiger partial charge on any atom is -0.334 e. The minimum atomic E-state index is -0.820. The van der Waals surface area contributed by atoms with E-state index in [0.29, 0.717) is 12.5 Å². The second kappa shape index (κ2) is 6.21. The van der Waals surface area contributed by atoms with Crippen LogP contribution < -0.4 is 5.32 Å². The summed E-state index contributed by atoms with van der Waals surface area (Å²) >= 11 is 6.11. The SMILES string of the molecule is CC(C)[C@H]1CO[C@]2(N1)ON(C(C)(C)C)[C@@H](c1ccc(Cl)cc1)C2(C)C. The molecule has 5 heteroatoms. The molecule has 2 aliphatic rings. The van der Waals surface area contributed by atoms with Crippen molar-refractivity contribution >= 4 is 11.6 Å². The Bertz CT molecular complexity index is 624. The van der Waals surface area contributed by atoms with Crippen LogP contribution in [0.15, 0.2) is 24.3 Å². The summed E-state index contributed by atoms with van der Waals surface area (Å²) in [6.07, 6.45) is 0. The maximum atomic E-state index is 6.53. The summed E-state index contributed by atoms with van der Waals surface area (Å²) in [7, 11) is 0. The molecular formula is C20H31ClN2O2. The van der Waals surface area contributed by atoms with Gasteiger partial charge in [0.15, 0.2) is 0 Å². The Morgan fingerprint density at radius 1 is 1.20 bits per heavy atom. The molecule has 1 aromatic carbocycles. The second-order valence-electron chi connectivity index (χ2n) is 9.19. The molecule has 0 aliphatic carbocycles. The van der Waals surface area contributed by atoms with Gasteiger partial charge in [0.05, 0.1) is 18.1 Å². The van der Waals surface area contributed by atoms with Crippen molar-refractivity contribution in [2.45, 2.75) is 72.0 Å². The molecule has 0 radical (unpaired) electrons. The van der Waals surface area contributed by atoms with Gasteiger partial charge in [-0.05, 0) is 44.4 Å². The molecule has 140 valence electrons. The smallest absolute Gasteiger partial charge is 0.253 e. The lowest BCUT2D eigenvalue weighted by molar-refractivity contribution is -0.334. The van der Waals surface area contributed by atoms with Crippen molar-refractivity contribution in [3.05, 3.63) is 34.9 Å². The van der Waals surface area contributed by atoms with Gasteiger partial charge in [-0.2, -0.15) is 5.06 Å². The monoisotopic (exact) mass is 366 g/mol. The van der Waals surface area contributed by atoms with Crippen molar-refractivity contribution in [3.63, 3.8) is 0 Å². The van der Waals surface area contributed by atoms with E-state index in [1.807, 2.05) is 12.1 Å². The number of rotatable bonds is 2. The molecule has 2 heterocycles. The third kappa shape index (κ3) is 3.13. The lowest BCUT2D eigenvalue weighted by Gasteiger charge is -2.38. The Kier molecular flexibility index (Phi) is 4.75. The average Bonchev–Trinajstić information content (AvgIpc) is 3.02. The summed E-state index contributed by atoms with van der Waals surface area (Å²) in [4.78, 5) is 6.53. The summed E-state index contributed by atoms with van der Waals surface area (Å²) in [5, 5.41) is 6.49. The van der Waals surface area contributed by atoms with E-state index in [4.69, 9.17) is 21.2 Å². The molecule has 1 spiro atoms. The third-order valence-corrected chi connectivity index (χ3v) is 5.74.